The van der Waals surface area contributed by atoms with Gasteiger partial charge in [0.25, 0.3) is 0 Å². The smallest absolute Gasteiger partial charge is 0.240 e. The van der Waals surface area contributed by atoms with E-state index in [1.54, 1.807) is 0 Å². The van der Waals surface area contributed by atoms with Crippen LogP contribution >= 0.6 is 0 Å². The lowest BCUT2D eigenvalue weighted by Crippen LogP contribution is -2.56. The summed E-state index contributed by atoms with van der Waals surface area (Å²) < 4.78 is 0. The molecule has 21 heavy (non-hydrogen) atoms. The molecular weight excluding hydrogens is 266 g/mol. The first-order chi connectivity index (χ1) is 9.20. The van der Waals surface area contributed by atoms with Crippen LogP contribution in [-0.4, -0.2) is 30.4 Å². The molecule has 0 saturated heterocycles. The Morgan fingerprint density at radius 2 is 1.52 bits per heavy atom. The topological polar surface area (TPSA) is 84.2 Å². The Morgan fingerprint density at radius 1 is 1.05 bits per heavy atom. The zero-order valence-electron chi connectivity index (χ0n) is 14.9. The van der Waals surface area contributed by atoms with Crippen LogP contribution < -0.4 is 16.4 Å². The summed E-state index contributed by atoms with van der Waals surface area (Å²) in [5.74, 6) is -0.629. The summed E-state index contributed by atoms with van der Waals surface area (Å²) in [5.41, 5.74) is 4.81. The molecule has 0 radical (unpaired) electrons. The molecule has 0 aliphatic heterocycles. The number of hydrogen-bond acceptors (Lipinski definition) is 3. The molecule has 0 aromatic rings. The van der Waals surface area contributed by atoms with Crippen molar-refractivity contribution < 1.29 is 9.59 Å². The third-order valence-corrected chi connectivity index (χ3v) is 3.64. The summed E-state index contributed by atoms with van der Waals surface area (Å²) >= 11 is 0. The van der Waals surface area contributed by atoms with E-state index in [-0.39, 0.29) is 16.9 Å². The highest BCUT2D eigenvalue weighted by Gasteiger charge is 2.39. The van der Waals surface area contributed by atoms with E-state index >= 15 is 0 Å². The number of primary amides is 1. The van der Waals surface area contributed by atoms with Gasteiger partial charge in [-0.3, -0.25) is 9.59 Å². The molecular formula is C16H33N3O2. The van der Waals surface area contributed by atoms with Crippen molar-refractivity contribution >= 4 is 11.8 Å². The van der Waals surface area contributed by atoms with E-state index < -0.39 is 17.4 Å². The van der Waals surface area contributed by atoms with Gasteiger partial charge in [0.2, 0.25) is 11.8 Å². The van der Waals surface area contributed by atoms with Gasteiger partial charge in [-0.25, -0.2) is 0 Å². The molecule has 5 nitrogen and oxygen atoms in total. The van der Waals surface area contributed by atoms with Gasteiger partial charge in [0.1, 0.15) is 6.04 Å². The number of hydrogen-bond donors (Lipinski definition) is 3. The monoisotopic (exact) mass is 299 g/mol. The van der Waals surface area contributed by atoms with Crippen molar-refractivity contribution in [2.75, 3.05) is 7.05 Å². The Labute approximate surface area is 129 Å². The van der Waals surface area contributed by atoms with Gasteiger partial charge in [-0.2, -0.15) is 0 Å². The van der Waals surface area contributed by atoms with Gasteiger partial charge in [0.15, 0.2) is 0 Å². The molecule has 0 spiro atoms. The first-order valence-electron chi connectivity index (χ1n) is 7.48. The highest BCUT2D eigenvalue weighted by molar-refractivity contribution is 5.87. The third kappa shape index (κ3) is 7.46. The number of amides is 2. The van der Waals surface area contributed by atoms with Gasteiger partial charge in [-0.15, -0.1) is 0 Å². The standard InChI is InChI=1S/C16H33N3O2/c1-14(2,3)9-11(20)19-12(13(17)21)15(4,5)10-16(6,7)18-8/h12,18H,9-10H2,1-8H3,(H2,17,21)(H,19,20)/t12-/m1/s1. The van der Waals surface area contributed by atoms with Crippen LogP contribution in [0.1, 0.15) is 61.3 Å². The van der Waals surface area contributed by atoms with Crippen LogP contribution in [0.25, 0.3) is 0 Å². The summed E-state index contributed by atoms with van der Waals surface area (Å²) in [7, 11) is 1.88. The lowest BCUT2D eigenvalue weighted by Gasteiger charge is -2.39. The maximum absolute atomic E-state index is 12.1. The van der Waals surface area contributed by atoms with Crippen molar-refractivity contribution in [3.63, 3.8) is 0 Å². The molecule has 0 unspecified atom stereocenters. The lowest BCUT2D eigenvalue weighted by atomic mass is 9.74. The fourth-order valence-corrected chi connectivity index (χ4v) is 2.67. The maximum atomic E-state index is 12.1. The van der Waals surface area contributed by atoms with Crippen molar-refractivity contribution in [2.45, 2.75) is 72.9 Å². The maximum Gasteiger partial charge on any atom is 0.240 e. The molecule has 4 N–H and O–H groups in total. The number of nitrogens with two attached hydrogens (primary N) is 1. The van der Waals surface area contributed by atoms with Gasteiger partial charge in [-0.05, 0) is 38.1 Å². The van der Waals surface area contributed by atoms with Crippen LogP contribution in [0.15, 0.2) is 0 Å². The predicted octanol–water partition coefficient (Wildman–Crippen LogP) is 1.81. The first-order valence-corrected chi connectivity index (χ1v) is 7.48. The summed E-state index contributed by atoms with van der Waals surface area (Å²) in [5, 5.41) is 6.04. The zero-order chi connectivity index (χ0) is 17.1. The molecule has 0 heterocycles. The van der Waals surface area contributed by atoms with Crippen LogP contribution in [0.3, 0.4) is 0 Å². The van der Waals surface area contributed by atoms with Crippen molar-refractivity contribution in [1.82, 2.24) is 10.6 Å². The molecule has 124 valence electrons. The fourth-order valence-electron chi connectivity index (χ4n) is 2.67. The summed E-state index contributed by atoms with van der Waals surface area (Å²) in [6.45, 7) is 14.0. The molecule has 0 aromatic carbocycles. The minimum Gasteiger partial charge on any atom is -0.368 e. The van der Waals surface area contributed by atoms with Gasteiger partial charge in [0.05, 0.1) is 0 Å². The van der Waals surface area contributed by atoms with E-state index in [4.69, 9.17) is 5.73 Å². The van der Waals surface area contributed by atoms with Crippen molar-refractivity contribution in [3.8, 4) is 0 Å². The number of rotatable bonds is 7. The molecule has 0 fully saturated rings. The highest BCUT2D eigenvalue weighted by atomic mass is 16.2. The van der Waals surface area contributed by atoms with Crippen LogP contribution in [0, 0.1) is 10.8 Å². The Balaban J connectivity index is 5.06. The molecule has 2 amide bonds. The normalized spacial score (nSPS) is 14.7. The fraction of sp³-hybridized carbons (Fsp3) is 0.875. The number of nitrogens with one attached hydrogen (secondary N) is 2. The number of carbonyl (C=O) groups is 2. The average molecular weight is 299 g/mol. The third-order valence-electron chi connectivity index (χ3n) is 3.64. The Kier molecular flexibility index (Phi) is 6.42. The van der Waals surface area contributed by atoms with Gasteiger partial charge >= 0.3 is 0 Å². The van der Waals surface area contributed by atoms with Gasteiger partial charge in [-0.1, -0.05) is 34.6 Å². The molecule has 0 aliphatic carbocycles. The van der Waals surface area contributed by atoms with E-state index in [1.807, 2.05) is 41.7 Å². The van der Waals surface area contributed by atoms with E-state index in [2.05, 4.69) is 24.5 Å². The van der Waals surface area contributed by atoms with Gasteiger partial charge < -0.3 is 16.4 Å². The SMILES string of the molecule is CNC(C)(C)CC(C)(C)[C@H](NC(=O)CC(C)(C)C)C(N)=O. The van der Waals surface area contributed by atoms with E-state index in [9.17, 15) is 9.59 Å². The Bertz CT molecular complexity index is 381. The summed E-state index contributed by atoms with van der Waals surface area (Å²) in [6.07, 6.45) is 1.07. The van der Waals surface area contributed by atoms with Crippen molar-refractivity contribution in [2.24, 2.45) is 16.6 Å². The van der Waals surface area contributed by atoms with E-state index in [0.29, 0.717) is 12.8 Å². The second-order valence-electron chi connectivity index (χ2n) is 8.44. The molecule has 0 rings (SSSR count). The van der Waals surface area contributed by atoms with Crippen molar-refractivity contribution in [1.29, 1.82) is 0 Å². The van der Waals surface area contributed by atoms with Crippen molar-refractivity contribution in [3.05, 3.63) is 0 Å². The second kappa shape index (κ2) is 6.77. The quantitative estimate of drug-likeness (QED) is 0.670. The van der Waals surface area contributed by atoms with E-state index in [1.165, 1.54) is 0 Å². The zero-order valence-corrected chi connectivity index (χ0v) is 14.9. The predicted molar refractivity (Wildman–Crippen MR) is 86.7 cm³/mol. The lowest BCUT2D eigenvalue weighted by molar-refractivity contribution is -0.131. The highest BCUT2D eigenvalue weighted by Crippen LogP contribution is 2.31. The van der Waals surface area contributed by atoms with Crippen LogP contribution in [-0.2, 0) is 9.59 Å². The summed E-state index contributed by atoms with van der Waals surface area (Å²) in [4.78, 5) is 23.9. The summed E-state index contributed by atoms with van der Waals surface area (Å²) in [6, 6.07) is -0.681. The molecule has 1 atom stereocenters. The largest absolute Gasteiger partial charge is 0.368 e. The Morgan fingerprint density at radius 3 is 1.86 bits per heavy atom. The Hall–Kier alpha value is -1.10. The molecule has 0 bridgehead atoms. The first kappa shape index (κ1) is 19.9. The molecule has 0 saturated carbocycles. The molecule has 0 aliphatic rings. The second-order valence-corrected chi connectivity index (χ2v) is 8.44. The molecule has 5 heteroatoms. The van der Waals surface area contributed by atoms with Gasteiger partial charge in [0, 0.05) is 12.0 Å². The molecule has 0 aromatic heterocycles. The average Bonchev–Trinajstić information content (AvgIpc) is 2.21. The van der Waals surface area contributed by atoms with Crippen LogP contribution in [0.5, 0.6) is 0 Å². The van der Waals surface area contributed by atoms with E-state index in [0.717, 1.165) is 0 Å². The minimum absolute atomic E-state index is 0.124. The number of carbonyl (C=O) groups excluding carboxylic acids is 2. The minimum atomic E-state index is -0.681. The van der Waals surface area contributed by atoms with Crippen LogP contribution in [0.4, 0.5) is 0 Å². The van der Waals surface area contributed by atoms with Crippen LogP contribution in [0.2, 0.25) is 0 Å².